The first-order valence-corrected chi connectivity index (χ1v) is 9.19. The van der Waals surface area contributed by atoms with Gasteiger partial charge in [-0.1, -0.05) is 26.2 Å². The van der Waals surface area contributed by atoms with Gasteiger partial charge in [-0.3, -0.25) is 4.90 Å². The molecule has 3 aliphatic rings. The van der Waals surface area contributed by atoms with Gasteiger partial charge in [-0.15, -0.1) is 0 Å². The molecule has 0 radical (unpaired) electrons. The molecule has 3 fully saturated rings. The number of nitrogens with zero attached hydrogens (tertiary/aromatic N) is 1. The van der Waals surface area contributed by atoms with Gasteiger partial charge in [0.15, 0.2) is 0 Å². The van der Waals surface area contributed by atoms with Gasteiger partial charge >= 0.3 is 0 Å². The topological polar surface area (TPSA) is 24.5 Å². The molecule has 122 valence electrons. The normalized spacial score (nSPS) is 35.6. The van der Waals surface area contributed by atoms with Crippen LogP contribution >= 0.6 is 0 Å². The lowest BCUT2D eigenvalue weighted by Gasteiger charge is -2.47. The van der Waals surface area contributed by atoms with Gasteiger partial charge in [-0.25, -0.2) is 0 Å². The van der Waals surface area contributed by atoms with Gasteiger partial charge in [0.25, 0.3) is 0 Å². The number of nitrogens with one attached hydrogen (secondary N) is 1. The highest BCUT2D eigenvalue weighted by Crippen LogP contribution is 2.35. The Bertz CT molecular complexity index is 349. The quantitative estimate of drug-likeness (QED) is 0.861. The van der Waals surface area contributed by atoms with E-state index < -0.39 is 0 Å². The Morgan fingerprint density at radius 2 is 1.95 bits per heavy atom. The standard InChI is InChI=1S/C18H34N2O/c1-4-7-15-12-19-18(9-5-6-10-18)14-20(15)13-16-8-11-17(2,3)21-16/h15-16,19H,4-14H2,1-3H3. The molecule has 2 unspecified atom stereocenters. The molecule has 1 N–H and O–H groups in total. The van der Waals surface area contributed by atoms with E-state index in [-0.39, 0.29) is 5.60 Å². The van der Waals surface area contributed by atoms with E-state index in [1.807, 2.05) is 0 Å². The van der Waals surface area contributed by atoms with Crippen molar-refractivity contribution in [2.24, 2.45) is 0 Å². The highest BCUT2D eigenvalue weighted by molar-refractivity contribution is 5.01. The van der Waals surface area contributed by atoms with Crippen molar-refractivity contribution in [1.82, 2.24) is 10.2 Å². The van der Waals surface area contributed by atoms with Crippen LogP contribution < -0.4 is 5.32 Å². The minimum atomic E-state index is 0.101. The van der Waals surface area contributed by atoms with Gasteiger partial charge in [0, 0.05) is 31.2 Å². The van der Waals surface area contributed by atoms with Crippen LogP contribution in [0.15, 0.2) is 0 Å². The fraction of sp³-hybridized carbons (Fsp3) is 1.00. The molecular formula is C18H34N2O. The van der Waals surface area contributed by atoms with Gasteiger partial charge in [-0.2, -0.15) is 0 Å². The smallest absolute Gasteiger partial charge is 0.0710 e. The van der Waals surface area contributed by atoms with Crippen LogP contribution in [0.5, 0.6) is 0 Å². The van der Waals surface area contributed by atoms with Gasteiger partial charge in [0.05, 0.1) is 11.7 Å². The molecule has 0 aromatic heterocycles. The minimum Gasteiger partial charge on any atom is -0.371 e. The second-order valence-electron chi connectivity index (χ2n) is 8.28. The summed E-state index contributed by atoms with van der Waals surface area (Å²) < 4.78 is 6.27. The van der Waals surface area contributed by atoms with Crippen molar-refractivity contribution < 1.29 is 4.74 Å². The molecule has 0 amide bonds. The van der Waals surface area contributed by atoms with Crippen LogP contribution in [0.1, 0.15) is 72.1 Å². The average Bonchev–Trinajstić information content (AvgIpc) is 3.01. The van der Waals surface area contributed by atoms with Gasteiger partial charge in [0.1, 0.15) is 0 Å². The van der Waals surface area contributed by atoms with E-state index in [4.69, 9.17) is 4.74 Å². The van der Waals surface area contributed by atoms with E-state index in [1.165, 1.54) is 64.5 Å². The van der Waals surface area contributed by atoms with Crippen molar-refractivity contribution in [1.29, 1.82) is 0 Å². The van der Waals surface area contributed by atoms with Crippen LogP contribution in [-0.4, -0.2) is 47.8 Å². The molecule has 2 heterocycles. The van der Waals surface area contributed by atoms with E-state index in [9.17, 15) is 0 Å². The molecule has 2 atom stereocenters. The molecular weight excluding hydrogens is 260 g/mol. The molecule has 3 rings (SSSR count). The molecule has 2 aliphatic heterocycles. The first-order valence-electron chi connectivity index (χ1n) is 9.19. The Morgan fingerprint density at radius 3 is 2.57 bits per heavy atom. The summed E-state index contributed by atoms with van der Waals surface area (Å²) in [5, 5.41) is 3.92. The Hall–Kier alpha value is -0.120. The summed E-state index contributed by atoms with van der Waals surface area (Å²) in [4.78, 5) is 2.78. The van der Waals surface area contributed by atoms with E-state index in [1.54, 1.807) is 0 Å². The summed E-state index contributed by atoms with van der Waals surface area (Å²) >= 11 is 0. The number of hydrogen-bond acceptors (Lipinski definition) is 3. The zero-order valence-corrected chi connectivity index (χ0v) is 14.3. The van der Waals surface area contributed by atoms with Crippen LogP contribution in [-0.2, 0) is 4.74 Å². The van der Waals surface area contributed by atoms with E-state index in [0.717, 1.165) is 6.54 Å². The third-order valence-electron chi connectivity index (χ3n) is 5.91. The van der Waals surface area contributed by atoms with E-state index >= 15 is 0 Å². The number of ether oxygens (including phenoxy) is 1. The van der Waals surface area contributed by atoms with Crippen molar-refractivity contribution in [2.75, 3.05) is 19.6 Å². The largest absolute Gasteiger partial charge is 0.371 e. The predicted molar refractivity (Wildman–Crippen MR) is 87.7 cm³/mol. The van der Waals surface area contributed by atoms with Crippen molar-refractivity contribution in [3.05, 3.63) is 0 Å². The van der Waals surface area contributed by atoms with Crippen LogP contribution in [0.3, 0.4) is 0 Å². The van der Waals surface area contributed by atoms with Gasteiger partial charge in [-0.05, 0) is 46.0 Å². The maximum atomic E-state index is 6.27. The average molecular weight is 294 g/mol. The fourth-order valence-corrected chi connectivity index (χ4v) is 4.72. The molecule has 1 aliphatic carbocycles. The molecule has 3 heteroatoms. The maximum Gasteiger partial charge on any atom is 0.0710 e. The van der Waals surface area contributed by atoms with Crippen molar-refractivity contribution in [3.8, 4) is 0 Å². The minimum absolute atomic E-state index is 0.101. The van der Waals surface area contributed by atoms with Crippen molar-refractivity contribution in [2.45, 2.75) is 95.4 Å². The van der Waals surface area contributed by atoms with E-state index in [0.29, 0.717) is 17.7 Å². The number of hydrogen-bond donors (Lipinski definition) is 1. The number of piperazine rings is 1. The lowest BCUT2D eigenvalue weighted by Crippen LogP contribution is -2.64. The van der Waals surface area contributed by atoms with Crippen LogP contribution in [0.4, 0.5) is 0 Å². The molecule has 1 spiro atoms. The Labute approximate surface area is 130 Å². The molecule has 0 aromatic rings. The summed E-state index contributed by atoms with van der Waals surface area (Å²) in [6, 6.07) is 0.716. The predicted octanol–water partition coefficient (Wildman–Crippen LogP) is 3.33. The monoisotopic (exact) mass is 294 g/mol. The molecule has 1 saturated carbocycles. The second-order valence-corrected chi connectivity index (χ2v) is 8.28. The van der Waals surface area contributed by atoms with Crippen LogP contribution in [0.2, 0.25) is 0 Å². The first-order chi connectivity index (χ1) is 10.0. The highest BCUT2D eigenvalue weighted by Gasteiger charge is 2.42. The lowest BCUT2D eigenvalue weighted by atomic mass is 9.91. The van der Waals surface area contributed by atoms with Gasteiger partial charge in [0.2, 0.25) is 0 Å². The Kier molecular flexibility index (Phi) is 4.63. The van der Waals surface area contributed by atoms with Crippen LogP contribution in [0.25, 0.3) is 0 Å². The van der Waals surface area contributed by atoms with Crippen LogP contribution in [0, 0.1) is 0 Å². The highest BCUT2D eigenvalue weighted by atomic mass is 16.5. The zero-order chi connectivity index (χ0) is 14.9. The number of rotatable bonds is 4. The summed E-state index contributed by atoms with van der Waals surface area (Å²) in [5.74, 6) is 0. The molecule has 21 heavy (non-hydrogen) atoms. The summed E-state index contributed by atoms with van der Waals surface area (Å²) in [6.45, 7) is 10.4. The SMILES string of the molecule is CCCC1CNC2(CCCC2)CN1CC1CCC(C)(C)O1. The van der Waals surface area contributed by atoms with Crippen molar-refractivity contribution >= 4 is 0 Å². The van der Waals surface area contributed by atoms with Gasteiger partial charge < -0.3 is 10.1 Å². The maximum absolute atomic E-state index is 6.27. The Balaban J connectivity index is 1.63. The summed E-state index contributed by atoms with van der Waals surface area (Å²) in [7, 11) is 0. The first kappa shape index (κ1) is 15.8. The zero-order valence-electron chi connectivity index (χ0n) is 14.3. The summed E-state index contributed by atoms with van der Waals surface area (Å²) in [5.41, 5.74) is 0.530. The lowest BCUT2D eigenvalue weighted by molar-refractivity contribution is -0.0443. The molecule has 0 aromatic carbocycles. The molecule has 3 nitrogen and oxygen atoms in total. The fourth-order valence-electron chi connectivity index (χ4n) is 4.72. The molecule has 0 bridgehead atoms. The molecule has 2 saturated heterocycles. The third-order valence-corrected chi connectivity index (χ3v) is 5.91. The third kappa shape index (κ3) is 3.62. The summed E-state index contributed by atoms with van der Waals surface area (Å²) in [6.07, 6.45) is 11.1. The van der Waals surface area contributed by atoms with Crippen molar-refractivity contribution in [3.63, 3.8) is 0 Å². The second kappa shape index (κ2) is 6.17. The Morgan fingerprint density at radius 1 is 1.19 bits per heavy atom. The van der Waals surface area contributed by atoms with E-state index in [2.05, 4.69) is 31.0 Å².